The van der Waals surface area contributed by atoms with Gasteiger partial charge in [0.15, 0.2) is 0 Å². The number of thiophene rings is 1. The first-order valence-corrected chi connectivity index (χ1v) is 11.5. The van der Waals surface area contributed by atoms with Gasteiger partial charge in [-0.15, -0.1) is 11.3 Å². The van der Waals surface area contributed by atoms with Gasteiger partial charge >= 0.3 is 0 Å². The lowest BCUT2D eigenvalue weighted by molar-refractivity contribution is -0.125. The first-order chi connectivity index (χ1) is 14.7. The average molecular weight is 423 g/mol. The van der Waals surface area contributed by atoms with E-state index in [1.54, 1.807) is 13.4 Å². The zero-order chi connectivity index (χ0) is 20.5. The fraction of sp³-hybridized carbons (Fsp3) is 0.435. The van der Waals surface area contributed by atoms with Crippen LogP contribution in [0.1, 0.15) is 35.3 Å². The summed E-state index contributed by atoms with van der Waals surface area (Å²) in [6.45, 7) is 2.27. The van der Waals surface area contributed by atoms with Crippen molar-refractivity contribution >= 4 is 33.3 Å². The largest absolute Gasteiger partial charge is 0.497 e. The molecule has 0 spiro atoms. The number of ether oxygens (including phenoxy) is 1. The Bertz CT molecular complexity index is 1060. The van der Waals surface area contributed by atoms with Gasteiger partial charge in [0.2, 0.25) is 5.91 Å². The number of carbonyl (C=O) groups excluding carboxylic acids is 1. The molecule has 156 valence electrons. The number of nitrogens with zero attached hydrogens (tertiary/aromatic N) is 3. The van der Waals surface area contributed by atoms with Gasteiger partial charge in [-0.05, 0) is 55.4 Å². The summed E-state index contributed by atoms with van der Waals surface area (Å²) in [6.07, 6.45) is 6.95. The van der Waals surface area contributed by atoms with Gasteiger partial charge < -0.3 is 15.0 Å². The van der Waals surface area contributed by atoms with Crippen LogP contribution in [-0.2, 0) is 24.2 Å². The van der Waals surface area contributed by atoms with Crippen LogP contribution in [0.25, 0.3) is 10.2 Å². The van der Waals surface area contributed by atoms with E-state index in [1.165, 1.54) is 28.7 Å². The van der Waals surface area contributed by atoms with Crippen LogP contribution >= 0.6 is 11.3 Å². The highest BCUT2D eigenvalue weighted by molar-refractivity contribution is 7.19. The summed E-state index contributed by atoms with van der Waals surface area (Å²) < 4.78 is 5.18. The van der Waals surface area contributed by atoms with Gasteiger partial charge in [0.25, 0.3) is 0 Å². The molecule has 5 rings (SSSR count). The second kappa shape index (κ2) is 8.22. The molecular weight excluding hydrogens is 396 g/mol. The lowest BCUT2D eigenvalue weighted by Crippen LogP contribution is -2.40. The number of hydrogen-bond acceptors (Lipinski definition) is 6. The van der Waals surface area contributed by atoms with Crippen LogP contribution in [0.3, 0.4) is 0 Å². The minimum Gasteiger partial charge on any atom is -0.497 e. The minimum absolute atomic E-state index is 0.0602. The summed E-state index contributed by atoms with van der Waals surface area (Å²) in [6, 6.07) is 7.82. The smallest absolute Gasteiger partial charge is 0.223 e. The summed E-state index contributed by atoms with van der Waals surface area (Å²) in [5.41, 5.74) is 2.54. The Morgan fingerprint density at radius 3 is 2.77 bits per heavy atom. The normalized spacial score (nSPS) is 16.6. The fourth-order valence-electron chi connectivity index (χ4n) is 4.58. The third kappa shape index (κ3) is 3.62. The van der Waals surface area contributed by atoms with Gasteiger partial charge in [-0.25, -0.2) is 9.97 Å². The maximum atomic E-state index is 12.7. The van der Waals surface area contributed by atoms with Gasteiger partial charge in [-0.3, -0.25) is 4.79 Å². The van der Waals surface area contributed by atoms with Gasteiger partial charge in [-0.1, -0.05) is 12.1 Å². The second-order valence-corrected chi connectivity index (χ2v) is 9.15. The zero-order valence-corrected chi connectivity index (χ0v) is 18.0. The van der Waals surface area contributed by atoms with Gasteiger partial charge in [-0.2, -0.15) is 0 Å². The minimum atomic E-state index is 0.0602. The molecule has 0 atom stereocenters. The van der Waals surface area contributed by atoms with Crippen molar-refractivity contribution < 1.29 is 9.53 Å². The Morgan fingerprint density at radius 1 is 1.20 bits per heavy atom. The van der Waals surface area contributed by atoms with Crippen molar-refractivity contribution in [3.63, 3.8) is 0 Å². The molecule has 1 saturated heterocycles. The summed E-state index contributed by atoms with van der Waals surface area (Å²) >= 11 is 1.83. The lowest BCUT2D eigenvalue weighted by atomic mass is 9.95. The number of rotatable bonds is 5. The summed E-state index contributed by atoms with van der Waals surface area (Å²) in [4.78, 5) is 26.8. The van der Waals surface area contributed by atoms with Crippen LogP contribution in [0.15, 0.2) is 30.6 Å². The van der Waals surface area contributed by atoms with Crippen LogP contribution in [0.4, 0.5) is 5.82 Å². The molecule has 2 aromatic heterocycles. The Hall–Kier alpha value is -2.67. The Labute approximate surface area is 180 Å². The van der Waals surface area contributed by atoms with E-state index < -0.39 is 0 Å². The number of benzene rings is 1. The molecule has 7 heteroatoms. The van der Waals surface area contributed by atoms with Crippen LogP contribution < -0.4 is 15.0 Å². The number of aromatic nitrogens is 2. The van der Waals surface area contributed by atoms with E-state index in [9.17, 15) is 4.79 Å². The molecule has 1 aliphatic heterocycles. The highest BCUT2D eigenvalue weighted by Crippen LogP contribution is 2.40. The Morgan fingerprint density at radius 2 is 2.00 bits per heavy atom. The highest BCUT2D eigenvalue weighted by atomic mass is 32.1. The van der Waals surface area contributed by atoms with E-state index in [0.717, 1.165) is 54.3 Å². The molecule has 0 unspecified atom stereocenters. The van der Waals surface area contributed by atoms with Crippen molar-refractivity contribution in [1.29, 1.82) is 0 Å². The number of hydrogen-bond donors (Lipinski definition) is 1. The first kappa shape index (κ1) is 19.3. The van der Waals surface area contributed by atoms with Crippen LogP contribution in [0.5, 0.6) is 5.75 Å². The standard InChI is InChI=1S/C23H26N4O2S/c1-29-17-7-5-15(6-8-17)13-24-22(28)16-9-11-27(12-10-16)21-20-18-3-2-4-19(18)30-23(20)26-14-25-21/h5-8,14,16H,2-4,9-13H2,1H3,(H,24,28). The quantitative estimate of drug-likeness (QED) is 0.679. The molecule has 2 aliphatic rings. The highest BCUT2D eigenvalue weighted by Gasteiger charge is 2.28. The molecular formula is C23H26N4O2S. The predicted molar refractivity (Wildman–Crippen MR) is 119 cm³/mol. The Kier molecular flexibility index (Phi) is 5.29. The number of piperidine rings is 1. The molecule has 6 nitrogen and oxygen atoms in total. The van der Waals surface area contributed by atoms with Crippen LogP contribution in [-0.4, -0.2) is 36.1 Å². The second-order valence-electron chi connectivity index (χ2n) is 8.06. The van der Waals surface area contributed by atoms with E-state index in [-0.39, 0.29) is 11.8 Å². The predicted octanol–water partition coefficient (Wildman–Crippen LogP) is 3.72. The molecule has 0 radical (unpaired) electrons. The number of methoxy groups -OCH3 is 1. The zero-order valence-electron chi connectivity index (χ0n) is 17.2. The lowest BCUT2D eigenvalue weighted by Gasteiger charge is -2.32. The molecule has 1 aromatic carbocycles. The fourth-order valence-corrected chi connectivity index (χ4v) is 5.81. The van der Waals surface area contributed by atoms with Crippen LogP contribution in [0.2, 0.25) is 0 Å². The van der Waals surface area contributed by atoms with E-state index in [0.29, 0.717) is 6.54 Å². The number of amides is 1. The van der Waals surface area contributed by atoms with E-state index in [2.05, 4.69) is 20.2 Å². The molecule has 3 heterocycles. The monoisotopic (exact) mass is 422 g/mol. The topological polar surface area (TPSA) is 67.3 Å². The summed E-state index contributed by atoms with van der Waals surface area (Å²) in [7, 11) is 1.65. The van der Waals surface area contributed by atoms with Crippen molar-refractivity contribution in [3.8, 4) is 5.75 Å². The van der Waals surface area contributed by atoms with Crippen molar-refractivity contribution in [2.45, 2.75) is 38.6 Å². The average Bonchev–Trinajstić information content (AvgIpc) is 3.39. The number of aryl methyl sites for hydroxylation is 2. The molecule has 1 N–H and O–H groups in total. The van der Waals surface area contributed by atoms with Crippen LogP contribution in [0, 0.1) is 5.92 Å². The number of carbonyl (C=O) groups is 1. The number of fused-ring (bicyclic) bond motifs is 3. The maximum absolute atomic E-state index is 12.7. The molecule has 3 aromatic rings. The number of nitrogens with one attached hydrogen (secondary N) is 1. The molecule has 30 heavy (non-hydrogen) atoms. The number of anilines is 1. The van der Waals surface area contributed by atoms with E-state index >= 15 is 0 Å². The van der Waals surface area contributed by atoms with Crippen molar-refractivity contribution in [2.75, 3.05) is 25.1 Å². The summed E-state index contributed by atoms with van der Waals surface area (Å²) in [5, 5.41) is 4.36. The molecule has 0 saturated carbocycles. The third-order valence-corrected chi connectivity index (χ3v) is 7.47. The van der Waals surface area contributed by atoms with Gasteiger partial charge in [0, 0.05) is 30.4 Å². The maximum Gasteiger partial charge on any atom is 0.223 e. The van der Waals surface area contributed by atoms with E-state index in [1.807, 2.05) is 35.6 Å². The Balaban J connectivity index is 1.21. The molecule has 1 aliphatic carbocycles. The summed E-state index contributed by atoms with van der Waals surface area (Å²) in [5.74, 6) is 2.10. The third-order valence-electron chi connectivity index (χ3n) is 6.27. The molecule has 1 fully saturated rings. The molecule has 0 bridgehead atoms. The van der Waals surface area contributed by atoms with Gasteiger partial charge in [0.1, 0.15) is 22.7 Å². The van der Waals surface area contributed by atoms with Crippen molar-refractivity contribution in [1.82, 2.24) is 15.3 Å². The van der Waals surface area contributed by atoms with Gasteiger partial charge in [0.05, 0.1) is 12.5 Å². The van der Waals surface area contributed by atoms with Crippen molar-refractivity contribution in [3.05, 3.63) is 46.6 Å². The van der Waals surface area contributed by atoms with Crippen molar-refractivity contribution in [2.24, 2.45) is 5.92 Å². The SMILES string of the molecule is COc1ccc(CNC(=O)C2CCN(c3ncnc4sc5c(c34)CCC5)CC2)cc1. The van der Waals surface area contributed by atoms with E-state index in [4.69, 9.17) is 4.74 Å². The molecule has 1 amide bonds. The first-order valence-electron chi connectivity index (χ1n) is 10.6.